The molecule has 342 valence electrons. The maximum Gasteiger partial charge on any atom is 0.273 e. The van der Waals surface area contributed by atoms with Crippen LogP contribution in [0.3, 0.4) is 0 Å². The van der Waals surface area contributed by atoms with Gasteiger partial charge in [-0.2, -0.15) is 0 Å². The van der Waals surface area contributed by atoms with Gasteiger partial charge >= 0.3 is 0 Å². The molecule has 2 saturated heterocycles. The van der Waals surface area contributed by atoms with Crippen molar-refractivity contribution in [2.45, 2.75) is 84.7 Å². The van der Waals surface area contributed by atoms with Crippen molar-refractivity contribution in [2.24, 2.45) is 0 Å². The summed E-state index contributed by atoms with van der Waals surface area (Å²) in [4.78, 5) is 32.9. The largest absolute Gasteiger partial charge is 0.400 e. The molecule has 0 amide bonds. The summed E-state index contributed by atoms with van der Waals surface area (Å²) in [5, 5.41) is 18.2. The number of rotatable bonds is 15. The first-order chi connectivity index (χ1) is 27.8. The van der Waals surface area contributed by atoms with Gasteiger partial charge in [0.15, 0.2) is 0 Å². The summed E-state index contributed by atoms with van der Waals surface area (Å²) < 4.78 is 53.9. The topological polar surface area (TPSA) is 240 Å². The molecule has 61 heavy (non-hydrogen) atoms. The number of piperidine rings is 2. The molecule has 17 nitrogen and oxygen atoms in total. The molecule has 20 heteroatoms. The Bertz CT molecular complexity index is 2150. The Kier molecular flexibility index (Phi) is 24.3. The molecule has 6 rings (SSSR count). The fourth-order valence-corrected chi connectivity index (χ4v) is 9.61. The molecule has 5 N–H and O–H groups in total. The Hall–Kier alpha value is -4.16. The SMILES string of the molecule is C.CCCS(=O)(=O)NC1CCCN(c2ccnc(Cc3ccccc3N)n2)C1.CCCS(=O)(=O)NC1CCCN(c2ccnc(Cc3ccccc3[N+](=O)[O-])n2)C1.CO.[CH3-].[Pd]. The number of aliphatic hydroxyl groups excluding tert-OH is 1. The number of nitrogens with zero attached hydrogens (tertiary/aromatic N) is 7. The average molecular weight is 979 g/mol. The molecule has 0 bridgehead atoms. The molecule has 0 saturated carbocycles. The molecule has 0 aliphatic carbocycles. The number of nitro groups is 1. The summed E-state index contributed by atoms with van der Waals surface area (Å²) in [5.74, 6) is 3.02. The van der Waals surface area contributed by atoms with Gasteiger partial charge in [-0.1, -0.05) is 57.7 Å². The number of benzene rings is 2. The third-order valence-electron chi connectivity index (χ3n) is 9.45. The second kappa shape index (κ2) is 27.0. The molecular weight excluding hydrogens is 915 g/mol. The number of sulfonamides is 2. The number of nitro benzene ring substituents is 1. The van der Waals surface area contributed by atoms with E-state index in [0.29, 0.717) is 55.4 Å². The molecule has 2 aromatic carbocycles. The van der Waals surface area contributed by atoms with Crippen LogP contribution in [0.5, 0.6) is 0 Å². The number of nitrogens with one attached hydrogen (secondary N) is 2. The molecule has 2 aromatic heterocycles. The van der Waals surface area contributed by atoms with Gasteiger partial charge < -0.3 is 28.1 Å². The van der Waals surface area contributed by atoms with E-state index in [1.54, 1.807) is 36.7 Å². The number of hydrogen-bond donors (Lipinski definition) is 4. The van der Waals surface area contributed by atoms with Crippen LogP contribution in [-0.2, 0) is 53.3 Å². The normalized spacial score (nSPS) is 16.2. The van der Waals surface area contributed by atoms with Crippen molar-refractivity contribution in [1.29, 1.82) is 0 Å². The molecule has 2 fully saturated rings. The number of hydrogen-bond acceptors (Lipinski definition) is 14. The number of aliphatic hydroxyl groups is 1. The molecule has 2 atom stereocenters. The smallest absolute Gasteiger partial charge is 0.273 e. The van der Waals surface area contributed by atoms with Gasteiger partial charge in [-0.15, -0.1) is 0 Å². The monoisotopic (exact) mass is 977 g/mol. The summed E-state index contributed by atoms with van der Waals surface area (Å²) in [7, 11) is -5.49. The van der Waals surface area contributed by atoms with E-state index in [4.69, 9.17) is 10.8 Å². The third-order valence-corrected chi connectivity index (χ3v) is 12.7. The van der Waals surface area contributed by atoms with E-state index in [1.807, 2.05) is 49.1 Å². The number of nitrogens with two attached hydrogens (primary N) is 1. The predicted octanol–water partition coefficient (Wildman–Crippen LogP) is 4.91. The Morgan fingerprint density at radius 2 is 1.18 bits per heavy atom. The Labute approximate surface area is 376 Å². The van der Waals surface area contributed by atoms with Crippen molar-refractivity contribution < 1.29 is 47.3 Å². The van der Waals surface area contributed by atoms with Crippen molar-refractivity contribution in [3.05, 3.63) is 113 Å². The number of nitrogen functional groups attached to an aromatic ring is 1. The zero-order chi connectivity index (χ0) is 42.1. The minimum atomic E-state index is -3.27. The zero-order valence-corrected chi connectivity index (χ0v) is 37.9. The summed E-state index contributed by atoms with van der Waals surface area (Å²) in [6.07, 6.45) is 8.81. The molecular formula is C41H63N10O7PdS2-. The van der Waals surface area contributed by atoms with Gasteiger partial charge in [0.25, 0.3) is 5.69 Å². The van der Waals surface area contributed by atoms with Crippen molar-refractivity contribution in [2.75, 3.05) is 60.3 Å². The van der Waals surface area contributed by atoms with Crippen LogP contribution in [0.25, 0.3) is 0 Å². The standard InChI is InChI=1S/C19H25N5O4S.C19H27N5O2S.CH4O.CH4.CH3.Pd/c1-2-12-29(27,28)22-16-7-5-11-23(14-16)19-9-10-20-18(21-19)13-15-6-3-4-8-17(15)24(25)26;1-2-12-27(25,26)23-16-7-5-11-24(14-16)19-9-10-21-18(22-19)13-15-6-3-4-8-17(15)20;1-2;;;/h3-4,6,8-10,16,22H,2,5,7,11-14H2,1H3;3-4,6,8-10,16,23H,2,5,7,11-14,20H2,1H3;2H,1H3;1H4;1H3;/q;;;;-1;. The second-order valence-corrected chi connectivity index (χ2v) is 17.8. The van der Waals surface area contributed by atoms with Crippen LogP contribution in [0.15, 0.2) is 73.1 Å². The van der Waals surface area contributed by atoms with Crippen LogP contribution in [-0.4, -0.2) is 104 Å². The molecule has 0 radical (unpaired) electrons. The van der Waals surface area contributed by atoms with E-state index in [-0.39, 0.29) is 71.0 Å². The summed E-state index contributed by atoms with van der Waals surface area (Å²) >= 11 is 0. The van der Waals surface area contributed by atoms with E-state index < -0.39 is 25.0 Å². The van der Waals surface area contributed by atoms with Gasteiger partial charge in [-0.3, -0.25) is 10.1 Å². The predicted molar refractivity (Wildman–Crippen MR) is 240 cm³/mol. The van der Waals surface area contributed by atoms with Gasteiger partial charge in [0.1, 0.15) is 23.3 Å². The van der Waals surface area contributed by atoms with E-state index in [2.05, 4.69) is 34.3 Å². The van der Waals surface area contributed by atoms with E-state index >= 15 is 0 Å². The Balaban J connectivity index is 0.000000561. The van der Waals surface area contributed by atoms with Crippen LogP contribution in [0.2, 0.25) is 0 Å². The third kappa shape index (κ3) is 17.6. The zero-order valence-electron chi connectivity index (χ0n) is 34.7. The summed E-state index contributed by atoms with van der Waals surface area (Å²) in [5.41, 5.74) is 8.35. The van der Waals surface area contributed by atoms with Crippen LogP contribution in [0.4, 0.5) is 23.0 Å². The summed E-state index contributed by atoms with van der Waals surface area (Å²) in [6, 6.07) is 17.7. The molecule has 4 aromatic rings. The van der Waals surface area contributed by atoms with Gasteiger partial charge in [0, 0.05) is 108 Å². The van der Waals surface area contributed by atoms with Gasteiger partial charge in [0.2, 0.25) is 20.0 Å². The number of aromatic nitrogens is 4. The Morgan fingerprint density at radius 1 is 0.754 bits per heavy atom. The molecule has 0 spiro atoms. The maximum atomic E-state index is 12.1. The van der Waals surface area contributed by atoms with Crippen LogP contribution >= 0.6 is 0 Å². The van der Waals surface area contributed by atoms with Gasteiger partial charge in [-0.25, -0.2) is 46.2 Å². The first-order valence-electron chi connectivity index (χ1n) is 19.5. The van der Waals surface area contributed by atoms with Crippen LogP contribution in [0.1, 0.15) is 82.6 Å². The first kappa shape index (κ1) is 54.9. The summed E-state index contributed by atoms with van der Waals surface area (Å²) in [6.45, 7) is 6.49. The minimum absolute atomic E-state index is 0. The fraction of sp³-hybridized carbons (Fsp3) is 0.488. The Morgan fingerprint density at radius 3 is 1.62 bits per heavy atom. The van der Waals surface area contributed by atoms with Crippen molar-refractivity contribution >= 4 is 43.1 Å². The van der Waals surface area contributed by atoms with Crippen LogP contribution in [0, 0.1) is 17.5 Å². The number of para-hydroxylation sites is 2. The first-order valence-corrected chi connectivity index (χ1v) is 22.8. The quantitative estimate of drug-likeness (QED) is 0.0407. The molecule has 4 heterocycles. The van der Waals surface area contributed by atoms with Crippen molar-refractivity contribution in [1.82, 2.24) is 29.4 Å². The van der Waals surface area contributed by atoms with Gasteiger partial charge in [0.05, 0.1) is 16.4 Å². The average Bonchev–Trinajstić information content (AvgIpc) is 3.20. The molecule has 2 aliphatic rings. The maximum absolute atomic E-state index is 12.1. The second-order valence-electron chi connectivity index (χ2n) is 14.0. The fourth-order valence-electron chi connectivity index (χ4n) is 6.90. The van der Waals surface area contributed by atoms with E-state index in [0.717, 1.165) is 63.0 Å². The minimum Gasteiger partial charge on any atom is -0.400 e. The molecule has 2 aliphatic heterocycles. The van der Waals surface area contributed by atoms with E-state index in [1.165, 1.54) is 6.07 Å². The molecule has 2 unspecified atom stereocenters. The van der Waals surface area contributed by atoms with E-state index in [9.17, 15) is 26.9 Å². The van der Waals surface area contributed by atoms with Gasteiger partial charge in [-0.05, 0) is 62.3 Å². The van der Waals surface area contributed by atoms with Crippen molar-refractivity contribution in [3.8, 4) is 0 Å². The number of anilines is 3. The van der Waals surface area contributed by atoms with Crippen LogP contribution < -0.4 is 25.0 Å². The van der Waals surface area contributed by atoms with Crippen molar-refractivity contribution in [3.63, 3.8) is 0 Å².